The number of hydrogen-bond donors (Lipinski definition) is 2. The van der Waals surface area contributed by atoms with Crippen molar-refractivity contribution < 1.29 is 17.9 Å². The zero-order valence-electron chi connectivity index (χ0n) is 15.2. The Morgan fingerprint density at radius 2 is 1.85 bits per heavy atom. The standard InChI is InChI=1S/C19H24N2O4S/c1-14(9-10-15-7-5-4-6-8-15)21-19(22)16-11-12-17(25-3)18(13-16)26(23,24)20-2/h4-8,11-14,20H,9-10H2,1-3H3,(H,21,22). The minimum atomic E-state index is -3.73. The molecule has 26 heavy (non-hydrogen) atoms. The molecule has 1 unspecified atom stereocenters. The lowest BCUT2D eigenvalue weighted by atomic mass is 10.1. The van der Waals surface area contributed by atoms with Gasteiger partial charge in [-0.05, 0) is 50.6 Å². The summed E-state index contributed by atoms with van der Waals surface area (Å²) < 4.78 is 31.6. The van der Waals surface area contributed by atoms with Gasteiger partial charge in [0.1, 0.15) is 10.6 Å². The van der Waals surface area contributed by atoms with Crippen LogP contribution in [0.5, 0.6) is 5.75 Å². The number of hydrogen-bond acceptors (Lipinski definition) is 4. The Morgan fingerprint density at radius 3 is 2.46 bits per heavy atom. The highest BCUT2D eigenvalue weighted by molar-refractivity contribution is 7.89. The van der Waals surface area contributed by atoms with E-state index >= 15 is 0 Å². The lowest BCUT2D eigenvalue weighted by Crippen LogP contribution is -2.33. The van der Waals surface area contributed by atoms with Crippen LogP contribution in [0.25, 0.3) is 0 Å². The first-order valence-electron chi connectivity index (χ1n) is 8.33. The predicted molar refractivity (Wildman–Crippen MR) is 101 cm³/mol. The number of benzene rings is 2. The van der Waals surface area contributed by atoms with Crippen molar-refractivity contribution in [3.8, 4) is 5.75 Å². The maximum absolute atomic E-state index is 12.5. The highest BCUT2D eigenvalue weighted by Gasteiger charge is 2.20. The largest absolute Gasteiger partial charge is 0.495 e. The summed E-state index contributed by atoms with van der Waals surface area (Å²) >= 11 is 0. The van der Waals surface area contributed by atoms with Crippen LogP contribution in [0.1, 0.15) is 29.3 Å². The molecule has 140 valence electrons. The molecule has 2 rings (SSSR count). The lowest BCUT2D eigenvalue weighted by Gasteiger charge is -2.15. The van der Waals surface area contributed by atoms with Crippen LogP contribution >= 0.6 is 0 Å². The van der Waals surface area contributed by atoms with Gasteiger partial charge in [-0.3, -0.25) is 4.79 Å². The minimum Gasteiger partial charge on any atom is -0.495 e. The lowest BCUT2D eigenvalue weighted by molar-refractivity contribution is 0.0938. The summed E-state index contributed by atoms with van der Waals surface area (Å²) in [6, 6.07) is 14.3. The third kappa shape index (κ3) is 5.06. The van der Waals surface area contributed by atoms with Crippen LogP contribution < -0.4 is 14.8 Å². The number of amides is 1. The van der Waals surface area contributed by atoms with E-state index in [1.165, 1.54) is 31.9 Å². The van der Waals surface area contributed by atoms with Crippen LogP contribution in [0.4, 0.5) is 0 Å². The van der Waals surface area contributed by atoms with E-state index in [0.717, 1.165) is 12.8 Å². The third-order valence-corrected chi connectivity index (χ3v) is 5.51. The van der Waals surface area contributed by atoms with Crippen molar-refractivity contribution in [2.24, 2.45) is 0 Å². The highest BCUT2D eigenvalue weighted by Crippen LogP contribution is 2.24. The van der Waals surface area contributed by atoms with Gasteiger partial charge in [-0.2, -0.15) is 0 Å². The number of aryl methyl sites for hydroxylation is 1. The van der Waals surface area contributed by atoms with E-state index in [9.17, 15) is 13.2 Å². The van der Waals surface area contributed by atoms with E-state index in [0.29, 0.717) is 0 Å². The Morgan fingerprint density at radius 1 is 1.15 bits per heavy atom. The average molecular weight is 376 g/mol. The quantitative estimate of drug-likeness (QED) is 0.741. The summed E-state index contributed by atoms with van der Waals surface area (Å²) in [7, 11) is -1.03. The summed E-state index contributed by atoms with van der Waals surface area (Å²) in [5.74, 6) is -0.131. The molecular weight excluding hydrogens is 352 g/mol. The smallest absolute Gasteiger partial charge is 0.251 e. The second-order valence-corrected chi connectivity index (χ2v) is 7.83. The van der Waals surface area contributed by atoms with Gasteiger partial charge in [-0.15, -0.1) is 0 Å². The Labute approximate surface area is 154 Å². The van der Waals surface area contributed by atoms with Crippen LogP contribution in [-0.4, -0.2) is 34.5 Å². The summed E-state index contributed by atoms with van der Waals surface area (Å²) in [5.41, 5.74) is 1.48. The molecule has 2 aromatic rings. The van der Waals surface area contributed by atoms with Gasteiger partial charge in [0.25, 0.3) is 5.91 Å². The molecule has 0 aliphatic rings. The van der Waals surface area contributed by atoms with Crippen molar-refractivity contribution in [1.29, 1.82) is 0 Å². The topological polar surface area (TPSA) is 84.5 Å². The van der Waals surface area contributed by atoms with Gasteiger partial charge < -0.3 is 10.1 Å². The molecule has 0 aromatic heterocycles. The molecule has 7 heteroatoms. The van der Waals surface area contributed by atoms with Crippen molar-refractivity contribution >= 4 is 15.9 Å². The fraction of sp³-hybridized carbons (Fsp3) is 0.316. The molecule has 0 fully saturated rings. The minimum absolute atomic E-state index is 0.0471. The van der Waals surface area contributed by atoms with Crippen molar-refractivity contribution in [1.82, 2.24) is 10.0 Å². The first kappa shape index (κ1) is 19.9. The third-order valence-electron chi connectivity index (χ3n) is 4.07. The molecule has 1 atom stereocenters. The summed E-state index contributed by atoms with van der Waals surface area (Å²) in [4.78, 5) is 12.4. The Bertz CT molecular complexity index is 851. The average Bonchev–Trinajstić information content (AvgIpc) is 2.66. The van der Waals surface area contributed by atoms with Crippen LogP contribution in [0.3, 0.4) is 0 Å². The van der Waals surface area contributed by atoms with Gasteiger partial charge in [0.15, 0.2) is 0 Å². The normalized spacial score (nSPS) is 12.4. The van der Waals surface area contributed by atoms with Crippen molar-refractivity contribution in [3.63, 3.8) is 0 Å². The van der Waals surface area contributed by atoms with E-state index in [-0.39, 0.29) is 28.2 Å². The Kier molecular flexibility index (Phi) is 6.76. The molecule has 1 amide bonds. The number of carbonyl (C=O) groups is 1. The van der Waals surface area contributed by atoms with Crippen LogP contribution in [0.15, 0.2) is 53.4 Å². The van der Waals surface area contributed by atoms with E-state index in [2.05, 4.69) is 10.0 Å². The molecule has 0 saturated heterocycles. The number of sulfonamides is 1. The first-order chi connectivity index (χ1) is 12.4. The Hall–Kier alpha value is -2.38. The molecule has 0 heterocycles. The van der Waals surface area contributed by atoms with Gasteiger partial charge in [0, 0.05) is 11.6 Å². The fourth-order valence-electron chi connectivity index (χ4n) is 2.55. The molecule has 2 aromatic carbocycles. The van der Waals surface area contributed by atoms with Gasteiger partial charge in [0.05, 0.1) is 7.11 Å². The fourth-order valence-corrected chi connectivity index (χ4v) is 3.46. The Balaban J connectivity index is 2.08. The number of ether oxygens (including phenoxy) is 1. The molecule has 0 saturated carbocycles. The number of rotatable bonds is 8. The van der Waals surface area contributed by atoms with Crippen molar-refractivity contribution in [2.75, 3.05) is 14.2 Å². The SMILES string of the molecule is CNS(=O)(=O)c1cc(C(=O)NC(C)CCc2ccccc2)ccc1OC. The maximum atomic E-state index is 12.5. The molecule has 0 radical (unpaired) electrons. The van der Waals surface area contributed by atoms with Crippen molar-refractivity contribution in [2.45, 2.75) is 30.7 Å². The number of methoxy groups -OCH3 is 1. The summed E-state index contributed by atoms with van der Waals surface area (Å²) in [6.07, 6.45) is 1.64. The molecule has 0 aliphatic carbocycles. The van der Waals surface area contributed by atoms with E-state index in [1.54, 1.807) is 6.07 Å². The predicted octanol–water partition coefficient (Wildman–Crippen LogP) is 2.35. The monoisotopic (exact) mass is 376 g/mol. The molecule has 6 nitrogen and oxygen atoms in total. The molecule has 0 aliphatic heterocycles. The maximum Gasteiger partial charge on any atom is 0.251 e. The van der Waals surface area contributed by atoms with Gasteiger partial charge in [0.2, 0.25) is 10.0 Å². The zero-order valence-corrected chi connectivity index (χ0v) is 16.0. The van der Waals surface area contributed by atoms with Gasteiger partial charge in [-0.25, -0.2) is 13.1 Å². The summed E-state index contributed by atoms with van der Waals surface area (Å²) in [5, 5.41) is 2.91. The van der Waals surface area contributed by atoms with Crippen LogP contribution in [-0.2, 0) is 16.4 Å². The summed E-state index contributed by atoms with van der Waals surface area (Å²) in [6.45, 7) is 1.93. The molecule has 0 spiro atoms. The van der Waals surface area contributed by atoms with Crippen molar-refractivity contribution in [3.05, 3.63) is 59.7 Å². The molecule has 2 N–H and O–H groups in total. The van der Waals surface area contributed by atoms with E-state index in [4.69, 9.17) is 4.74 Å². The number of carbonyl (C=O) groups excluding carboxylic acids is 1. The van der Waals surface area contributed by atoms with Gasteiger partial charge >= 0.3 is 0 Å². The molecular formula is C19H24N2O4S. The van der Waals surface area contributed by atoms with Crippen LogP contribution in [0.2, 0.25) is 0 Å². The van der Waals surface area contributed by atoms with Crippen LogP contribution in [0, 0.1) is 0 Å². The van der Waals surface area contributed by atoms with Gasteiger partial charge in [-0.1, -0.05) is 30.3 Å². The highest BCUT2D eigenvalue weighted by atomic mass is 32.2. The van der Waals surface area contributed by atoms with E-state index < -0.39 is 10.0 Å². The van der Waals surface area contributed by atoms with E-state index in [1.807, 2.05) is 37.3 Å². The first-order valence-corrected chi connectivity index (χ1v) is 9.82. The second-order valence-electron chi connectivity index (χ2n) is 5.97. The molecule has 0 bridgehead atoms. The zero-order chi connectivity index (χ0) is 19.2. The second kappa shape index (κ2) is 8.82. The number of nitrogens with one attached hydrogen (secondary N) is 2.